The highest BCUT2D eigenvalue weighted by Gasteiger charge is 2.44. The summed E-state index contributed by atoms with van der Waals surface area (Å²) >= 11 is 0. The van der Waals surface area contributed by atoms with Crippen molar-refractivity contribution in [2.45, 2.75) is 117 Å². The molecule has 0 fully saturated rings. The van der Waals surface area contributed by atoms with Gasteiger partial charge >= 0.3 is 0 Å². The maximum absolute atomic E-state index is 4.16. The minimum Gasteiger partial charge on any atom is -0.355 e. The van der Waals surface area contributed by atoms with Gasteiger partial charge in [-0.2, -0.15) is 0 Å². The molecule has 73 heavy (non-hydrogen) atoms. The first kappa shape index (κ1) is 45.8. The third-order valence-electron chi connectivity index (χ3n) is 17.6. The first-order valence-corrected chi connectivity index (χ1v) is 26.7. The number of fused-ring (bicyclic) bond motifs is 13. The third kappa shape index (κ3) is 6.57. The van der Waals surface area contributed by atoms with Crippen LogP contribution in [0, 0.1) is 0 Å². The highest BCUT2D eigenvalue weighted by molar-refractivity contribution is 6.74. The maximum Gasteiger partial charge on any atom is 0.198 e. The van der Waals surface area contributed by atoms with Crippen molar-refractivity contribution in [2.24, 2.45) is 7.05 Å². The van der Waals surface area contributed by atoms with Crippen LogP contribution in [-0.4, -0.2) is 16.4 Å². The molecule has 0 bridgehead atoms. The van der Waals surface area contributed by atoms with Crippen LogP contribution in [0.25, 0.3) is 83.0 Å². The van der Waals surface area contributed by atoms with E-state index in [0.29, 0.717) is 0 Å². The summed E-state index contributed by atoms with van der Waals surface area (Å²) in [6, 6.07) is 56.7. The van der Waals surface area contributed by atoms with E-state index in [1.807, 2.05) is 0 Å². The highest BCUT2D eigenvalue weighted by Crippen LogP contribution is 2.59. The zero-order valence-electron chi connectivity index (χ0n) is 45.5. The van der Waals surface area contributed by atoms with Gasteiger partial charge in [0.15, 0.2) is 7.28 Å². The van der Waals surface area contributed by atoms with Crippen molar-refractivity contribution in [3.05, 3.63) is 185 Å². The number of anilines is 2. The molecule has 0 spiro atoms. The predicted octanol–water partition coefficient (Wildman–Crippen LogP) is 16.6. The number of nitrogens with zero attached hydrogens (tertiary/aromatic N) is 2. The van der Waals surface area contributed by atoms with Gasteiger partial charge in [-0.25, -0.2) is 0 Å². The molecule has 8 aromatic carbocycles. The first-order chi connectivity index (χ1) is 34.5. The lowest BCUT2D eigenvalue weighted by molar-refractivity contribution is 0.589. The normalized spacial score (nSPS) is 15.0. The molecular weight excluding hydrogens is 882 g/mol. The van der Waals surface area contributed by atoms with Crippen LogP contribution in [0.3, 0.4) is 0 Å². The second kappa shape index (κ2) is 15.0. The van der Waals surface area contributed by atoms with E-state index in [-0.39, 0.29) is 27.1 Å². The van der Waals surface area contributed by atoms with Crippen molar-refractivity contribution in [1.82, 2.24) is 9.13 Å². The first-order valence-electron chi connectivity index (χ1n) is 26.7. The van der Waals surface area contributed by atoms with Gasteiger partial charge in [-0.1, -0.05) is 193 Å². The summed E-state index contributed by atoms with van der Waals surface area (Å²) in [5.41, 5.74) is 29.8. The lowest BCUT2D eigenvalue weighted by atomic mass is 9.57. The number of nitrogens with one attached hydrogen (secondary N) is 1. The van der Waals surface area contributed by atoms with E-state index in [2.05, 4.69) is 257 Å². The fraction of sp³-hybridized carbons (Fsp3) is 0.275. The van der Waals surface area contributed by atoms with Gasteiger partial charge in [-0.15, -0.1) is 0 Å². The Morgan fingerprint density at radius 2 is 1.14 bits per heavy atom. The van der Waals surface area contributed by atoms with Gasteiger partial charge in [-0.05, 0) is 148 Å². The average Bonchev–Trinajstić information content (AvgIpc) is 4.04. The van der Waals surface area contributed by atoms with E-state index >= 15 is 0 Å². The standard InChI is InChI=1S/C69H68BN3/c1-65(2,3)41-24-28-44(29-25-41)71-54-37-52-47(46-34-42(66(4,5)6)26-30-51(46)68(52,10)11)36-48(54)61-62-59(45-22-18-19-23-50(45)69(62,12)13)60-49-35-43(67(7,8)9)27-31-55(49)73-58-38-57-40(32-53(58)70-63(61)64(60)73)33-56(72(57)14)39-20-16-15-17-21-39/h15-38,70-71H,1-14H3. The highest BCUT2D eigenvalue weighted by atomic mass is 15.0. The molecule has 0 atom stereocenters. The zero-order chi connectivity index (χ0) is 51.1. The van der Waals surface area contributed by atoms with Gasteiger partial charge in [0.2, 0.25) is 0 Å². The van der Waals surface area contributed by atoms with Gasteiger partial charge in [-0.3, -0.25) is 0 Å². The summed E-state index contributed by atoms with van der Waals surface area (Å²) in [6.07, 6.45) is 0. The van der Waals surface area contributed by atoms with Crippen LogP contribution in [-0.2, 0) is 34.1 Å². The Kier molecular flexibility index (Phi) is 9.43. The van der Waals surface area contributed by atoms with Crippen LogP contribution in [0.1, 0.15) is 129 Å². The van der Waals surface area contributed by atoms with Gasteiger partial charge in [0.05, 0.1) is 11.0 Å². The largest absolute Gasteiger partial charge is 0.355 e. The lowest BCUT2D eigenvalue weighted by Crippen LogP contribution is -2.38. The molecule has 2 aromatic heterocycles. The number of benzene rings is 8. The van der Waals surface area contributed by atoms with E-state index in [9.17, 15) is 0 Å². The molecule has 2 aliphatic carbocycles. The number of hydrogen-bond acceptors (Lipinski definition) is 1. The molecule has 0 unspecified atom stereocenters. The molecule has 0 amide bonds. The van der Waals surface area contributed by atoms with Gasteiger partial charge in [0.1, 0.15) is 0 Å². The number of aryl methyl sites for hydroxylation is 1. The molecule has 4 heteroatoms. The molecule has 362 valence electrons. The smallest absolute Gasteiger partial charge is 0.198 e. The second-order valence-corrected chi connectivity index (χ2v) is 26.0. The van der Waals surface area contributed by atoms with Crippen molar-refractivity contribution in [3.63, 3.8) is 0 Å². The van der Waals surface area contributed by atoms with Crippen molar-refractivity contribution < 1.29 is 0 Å². The van der Waals surface area contributed by atoms with Crippen LogP contribution >= 0.6 is 0 Å². The topological polar surface area (TPSA) is 21.9 Å². The molecule has 13 rings (SSSR count). The van der Waals surface area contributed by atoms with Crippen LogP contribution < -0.4 is 16.2 Å². The van der Waals surface area contributed by atoms with Crippen LogP contribution in [0.15, 0.2) is 146 Å². The molecule has 0 radical (unpaired) electrons. The summed E-state index contributed by atoms with van der Waals surface area (Å²) < 4.78 is 5.08. The minimum absolute atomic E-state index is 0.0109. The number of hydrogen-bond donors (Lipinski definition) is 1. The van der Waals surface area contributed by atoms with E-state index in [0.717, 1.165) is 18.7 Å². The van der Waals surface area contributed by atoms with E-state index in [1.54, 1.807) is 0 Å². The number of rotatable bonds is 4. The summed E-state index contributed by atoms with van der Waals surface area (Å²) in [6.45, 7) is 30.8. The van der Waals surface area contributed by atoms with Gasteiger partial charge in [0.25, 0.3) is 0 Å². The molecule has 10 aromatic rings. The fourth-order valence-electron chi connectivity index (χ4n) is 13.4. The van der Waals surface area contributed by atoms with Gasteiger partial charge in [0, 0.05) is 62.5 Å². The molecule has 3 heterocycles. The fourth-order valence-corrected chi connectivity index (χ4v) is 13.4. The van der Waals surface area contributed by atoms with Crippen LogP contribution in [0.2, 0.25) is 0 Å². The average molecular weight is 950 g/mol. The lowest BCUT2D eigenvalue weighted by Gasteiger charge is -2.31. The Morgan fingerprint density at radius 3 is 1.85 bits per heavy atom. The quantitative estimate of drug-likeness (QED) is 0.175. The SMILES string of the molecule is Cn1c(-c2ccccc2)cc2cc3c(cc21)-n1c2ccc(C(C)(C)C)cc2c2c4c(c(-c5cc6c(cc5Nc5ccc(C(C)(C)C)cc5)C(C)(C)c5ccc(C(C)(C)C)cc5-6)c(c21)B3)C(C)(C)c1ccccc1-4. The van der Waals surface area contributed by atoms with Crippen molar-refractivity contribution in [2.75, 3.05) is 5.32 Å². The molecule has 1 N–H and O–H groups in total. The minimum atomic E-state index is -0.308. The second-order valence-electron chi connectivity index (χ2n) is 26.0. The Hall–Kier alpha value is -7.04. The van der Waals surface area contributed by atoms with Gasteiger partial charge < -0.3 is 14.5 Å². The Morgan fingerprint density at radius 1 is 0.507 bits per heavy atom. The van der Waals surface area contributed by atoms with E-state index < -0.39 is 0 Å². The Labute approximate surface area is 433 Å². The summed E-state index contributed by atoms with van der Waals surface area (Å²) in [5, 5.41) is 8.15. The molecule has 1 aliphatic heterocycles. The Bertz CT molecular complexity index is 4000. The molecular formula is C69H68BN3. The summed E-state index contributed by atoms with van der Waals surface area (Å²) in [5.74, 6) is 0. The molecule has 0 saturated heterocycles. The number of aromatic nitrogens is 2. The third-order valence-corrected chi connectivity index (χ3v) is 17.6. The van der Waals surface area contributed by atoms with Crippen LogP contribution in [0.4, 0.5) is 11.4 Å². The predicted molar refractivity (Wildman–Crippen MR) is 315 cm³/mol. The summed E-state index contributed by atoms with van der Waals surface area (Å²) in [4.78, 5) is 0. The molecule has 3 aliphatic rings. The monoisotopic (exact) mass is 950 g/mol. The zero-order valence-corrected chi connectivity index (χ0v) is 45.5. The molecule has 3 nitrogen and oxygen atoms in total. The van der Waals surface area contributed by atoms with Crippen molar-refractivity contribution in [1.29, 1.82) is 0 Å². The van der Waals surface area contributed by atoms with E-state index in [1.165, 1.54) is 133 Å². The Balaban J connectivity index is 1.19. The summed E-state index contributed by atoms with van der Waals surface area (Å²) in [7, 11) is 3.04. The van der Waals surface area contributed by atoms with Crippen molar-refractivity contribution >= 4 is 62.3 Å². The van der Waals surface area contributed by atoms with E-state index in [4.69, 9.17) is 0 Å². The van der Waals surface area contributed by atoms with Crippen LogP contribution in [0.5, 0.6) is 0 Å². The molecule has 0 saturated carbocycles. The maximum atomic E-state index is 4.16. The van der Waals surface area contributed by atoms with Crippen molar-refractivity contribution in [3.8, 4) is 50.3 Å².